The minimum absolute atomic E-state index is 0.0480. The normalized spacial score (nSPS) is 11.9. The number of benzene rings is 2. The van der Waals surface area contributed by atoms with E-state index >= 15 is 0 Å². The van der Waals surface area contributed by atoms with Gasteiger partial charge in [-0.3, -0.25) is 4.79 Å². The third-order valence-corrected chi connectivity index (χ3v) is 4.71. The van der Waals surface area contributed by atoms with Gasteiger partial charge in [0.1, 0.15) is 0 Å². The molecule has 1 N–H and O–H groups in total. The number of nitrogens with one attached hydrogen (secondary N) is 1. The predicted molar refractivity (Wildman–Crippen MR) is 97.5 cm³/mol. The molecule has 128 valence electrons. The molecule has 0 radical (unpaired) electrons. The number of thioether (sulfide) groups is 1. The topological polar surface area (TPSA) is 72.7 Å². The number of hydrogen-bond donors (Lipinski definition) is 1. The molecule has 1 atom stereocenters. The summed E-state index contributed by atoms with van der Waals surface area (Å²) in [5.74, 6) is -0.0480. The SMILES string of the molecule is Cc1ccc(CNC(=O)C(C)Sc2nnnn2-c2ccccc2)cc1. The van der Waals surface area contributed by atoms with Gasteiger partial charge in [-0.25, -0.2) is 0 Å². The molecule has 1 aromatic heterocycles. The van der Waals surface area contributed by atoms with Gasteiger partial charge in [0.2, 0.25) is 11.1 Å². The lowest BCUT2D eigenvalue weighted by atomic mass is 10.1. The molecule has 6 nitrogen and oxygen atoms in total. The van der Waals surface area contributed by atoms with E-state index in [0.717, 1.165) is 11.3 Å². The van der Waals surface area contributed by atoms with Gasteiger partial charge in [0.05, 0.1) is 10.9 Å². The van der Waals surface area contributed by atoms with E-state index in [4.69, 9.17) is 0 Å². The third kappa shape index (κ3) is 4.45. The maximum absolute atomic E-state index is 12.3. The Morgan fingerprint density at radius 2 is 1.88 bits per heavy atom. The Kier molecular flexibility index (Phi) is 5.45. The Morgan fingerprint density at radius 1 is 1.16 bits per heavy atom. The van der Waals surface area contributed by atoms with Crippen molar-refractivity contribution < 1.29 is 4.79 Å². The number of hydrogen-bond acceptors (Lipinski definition) is 5. The molecule has 2 aromatic carbocycles. The lowest BCUT2D eigenvalue weighted by Crippen LogP contribution is -2.30. The van der Waals surface area contributed by atoms with E-state index in [0.29, 0.717) is 11.7 Å². The van der Waals surface area contributed by atoms with E-state index in [-0.39, 0.29) is 11.2 Å². The summed E-state index contributed by atoms with van der Waals surface area (Å²) in [7, 11) is 0. The van der Waals surface area contributed by atoms with Crippen LogP contribution < -0.4 is 5.32 Å². The molecule has 7 heteroatoms. The van der Waals surface area contributed by atoms with Crippen LogP contribution in [-0.2, 0) is 11.3 Å². The molecule has 3 aromatic rings. The first-order valence-electron chi connectivity index (χ1n) is 7.97. The number of aromatic nitrogens is 4. The highest BCUT2D eigenvalue weighted by atomic mass is 32.2. The van der Waals surface area contributed by atoms with Crippen molar-refractivity contribution in [2.45, 2.75) is 30.8 Å². The summed E-state index contributed by atoms with van der Waals surface area (Å²) < 4.78 is 1.63. The first kappa shape index (κ1) is 17.2. The van der Waals surface area contributed by atoms with E-state index < -0.39 is 0 Å². The fraction of sp³-hybridized carbons (Fsp3) is 0.222. The van der Waals surface area contributed by atoms with Crippen molar-refractivity contribution in [1.29, 1.82) is 0 Å². The fourth-order valence-electron chi connectivity index (χ4n) is 2.23. The van der Waals surface area contributed by atoms with E-state index in [1.54, 1.807) is 4.68 Å². The molecule has 0 aliphatic rings. The molecule has 0 spiro atoms. The van der Waals surface area contributed by atoms with E-state index in [2.05, 4.69) is 20.8 Å². The summed E-state index contributed by atoms with van der Waals surface area (Å²) in [5.41, 5.74) is 3.14. The predicted octanol–water partition coefficient (Wildman–Crippen LogP) is 2.77. The summed E-state index contributed by atoms with van der Waals surface area (Å²) in [4.78, 5) is 12.3. The highest BCUT2D eigenvalue weighted by Crippen LogP contribution is 2.22. The number of carbonyl (C=O) groups is 1. The van der Waals surface area contributed by atoms with Gasteiger partial charge in [-0.1, -0.05) is 59.8 Å². The Balaban J connectivity index is 1.60. The van der Waals surface area contributed by atoms with E-state index in [1.807, 2.05) is 68.4 Å². The number of rotatable bonds is 6. The van der Waals surface area contributed by atoms with Gasteiger partial charge >= 0.3 is 0 Å². The highest BCUT2D eigenvalue weighted by Gasteiger charge is 2.18. The second kappa shape index (κ2) is 7.94. The third-order valence-electron chi connectivity index (χ3n) is 3.68. The Bertz CT molecular complexity index is 832. The average molecular weight is 353 g/mol. The largest absolute Gasteiger partial charge is 0.351 e. The standard InChI is InChI=1S/C18H19N5OS/c1-13-8-10-15(11-9-13)12-19-17(24)14(2)25-18-20-21-22-23(18)16-6-4-3-5-7-16/h3-11,14H,12H2,1-2H3,(H,19,24). The van der Waals surface area contributed by atoms with Crippen molar-refractivity contribution in [1.82, 2.24) is 25.5 Å². The minimum Gasteiger partial charge on any atom is -0.351 e. The second-order valence-corrected chi connectivity index (χ2v) is 6.98. The highest BCUT2D eigenvalue weighted by molar-refractivity contribution is 8.00. The zero-order valence-electron chi connectivity index (χ0n) is 14.1. The van der Waals surface area contributed by atoms with Crippen LogP contribution in [0.5, 0.6) is 0 Å². The van der Waals surface area contributed by atoms with Crippen LogP contribution in [0.2, 0.25) is 0 Å². The van der Waals surface area contributed by atoms with Crippen molar-refractivity contribution in [3.05, 3.63) is 65.7 Å². The molecule has 3 rings (SSSR count). The lowest BCUT2D eigenvalue weighted by Gasteiger charge is -2.12. The number of para-hydroxylation sites is 1. The first-order valence-corrected chi connectivity index (χ1v) is 8.85. The summed E-state index contributed by atoms with van der Waals surface area (Å²) in [6.45, 7) is 4.39. The van der Waals surface area contributed by atoms with Gasteiger partial charge in [-0.05, 0) is 42.0 Å². The molecular formula is C18H19N5OS. The van der Waals surface area contributed by atoms with Gasteiger partial charge in [0, 0.05) is 6.54 Å². The summed E-state index contributed by atoms with van der Waals surface area (Å²) in [5, 5.41) is 15.0. The van der Waals surface area contributed by atoms with E-state index in [1.165, 1.54) is 17.3 Å². The van der Waals surface area contributed by atoms with Crippen molar-refractivity contribution in [2.24, 2.45) is 0 Å². The molecule has 1 unspecified atom stereocenters. The van der Waals surface area contributed by atoms with Gasteiger partial charge in [-0.15, -0.1) is 5.10 Å². The fourth-order valence-corrected chi connectivity index (χ4v) is 3.07. The Morgan fingerprint density at radius 3 is 2.60 bits per heavy atom. The maximum atomic E-state index is 12.3. The Hall–Kier alpha value is -2.67. The number of carbonyl (C=O) groups excluding carboxylic acids is 1. The molecular weight excluding hydrogens is 334 g/mol. The smallest absolute Gasteiger partial charge is 0.233 e. The molecule has 1 amide bonds. The van der Waals surface area contributed by atoms with Crippen molar-refractivity contribution >= 4 is 17.7 Å². The van der Waals surface area contributed by atoms with Crippen LogP contribution in [0.1, 0.15) is 18.1 Å². The van der Waals surface area contributed by atoms with Crippen LogP contribution in [-0.4, -0.2) is 31.4 Å². The second-order valence-electron chi connectivity index (χ2n) is 5.67. The van der Waals surface area contributed by atoms with Gasteiger partial charge in [0.15, 0.2) is 0 Å². The van der Waals surface area contributed by atoms with Crippen molar-refractivity contribution in [3.8, 4) is 5.69 Å². The Labute approximate surface area is 150 Å². The van der Waals surface area contributed by atoms with Crippen LogP contribution in [0, 0.1) is 6.92 Å². The van der Waals surface area contributed by atoms with Crippen LogP contribution in [0.25, 0.3) is 5.69 Å². The molecule has 0 aliphatic heterocycles. The number of amides is 1. The first-order chi connectivity index (χ1) is 12.1. The number of nitrogens with zero attached hydrogens (tertiary/aromatic N) is 4. The number of tetrazole rings is 1. The molecule has 0 saturated heterocycles. The van der Waals surface area contributed by atoms with Crippen molar-refractivity contribution in [3.63, 3.8) is 0 Å². The summed E-state index contributed by atoms with van der Waals surface area (Å²) >= 11 is 1.33. The molecule has 0 fully saturated rings. The monoisotopic (exact) mass is 353 g/mol. The van der Waals surface area contributed by atoms with Gasteiger partial charge in [0.25, 0.3) is 0 Å². The van der Waals surface area contributed by atoms with E-state index in [9.17, 15) is 4.79 Å². The molecule has 0 bridgehead atoms. The van der Waals surface area contributed by atoms with Crippen LogP contribution in [0.3, 0.4) is 0 Å². The summed E-state index contributed by atoms with van der Waals surface area (Å²) in [6.07, 6.45) is 0. The molecule has 25 heavy (non-hydrogen) atoms. The zero-order valence-corrected chi connectivity index (χ0v) is 14.9. The molecule has 0 saturated carbocycles. The number of aryl methyl sites for hydroxylation is 1. The molecule has 1 heterocycles. The quantitative estimate of drug-likeness (QED) is 0.690. The van der Waals surface area contributed by atoms with Crippen LogP contribution in [0.15, 0.2) is 59.8 Å². The van der Waals surface area contributed by atoms with Crippen molar-refractivity contribution in [2.75, 3.05) is 0 Å². The lowest BCUT2D eigenvalue weighted by molar-refractivity contribution is -0.120. The van der Waals surface area contributed by atoms with Crippen LogP contribution in [0.4, 0.5) is 0 Å². The molecule has 0 aliphatic carbocycles. The summed E-state index contributed by atoms with van der Waals surface area (Å²) in [6, 6.07) is 17.7. The van der Waals surface area contributed by atoms with Gasteiger partial charge < -0.3 is 5.32 Å². The maximum Gasteiger partial charge on any atom is 0.233 e. The minimum atomic E-state index is -0.307. The van der Waals surface area contributed by atoms with Crippen LogP contribution >= 0.6 is 11.8 Å². The zero-order chi connectivity index (χ0) is 17.6. The van der Waals surface area contributed by atoms with Gasteiger partial charge in [-0.2, -0.15) is 4.68 Å². The average Bonchev–Trinajstić information content (AvgIpc) is 3.09.